The summed E-state index contributed by atoms with van der Waals surface area (Å²) in [7, 11) is 4.68. The minimum absolute atomic E-state index is 0.176. The number of benzene rings is 2. The van der Waals surface area contributed by atoms with Crippen molar-refractivity contribution in [2.24, 2.45) is 0 Å². The zero-order valence-corrected chi connectivity index (χ0v) is 17.5. The third kappa shape index (κ3) is 4.75. The first kappa shape index (κ1) is 21.3. The second-order valence-electron chi connectivity index (χ2n) is 6.85. The van der Waals surface area contributed by atoms with Gasteiger partial charge in [0.15, 0.2) is 11.5 Å². The summed E-state index contributed by atoms with van der Waals surface area (Å²) < 4.78 is 15.9. The van der Waals surface area contributed by atoms with Gasteiger partial charge in [-0.05, 0) is 12.1 Å². The number of nitriles is 1. The first-order chi connectivity index (χ1) is 14.6. The number of amides is 1. The summed E-state index contributed by atoms with van der Waals surface area (Å²) in [6, 6.07) is 13.2. The standard InChI is InChI=1S/C22H26N4O4/c1-28-19-7-5-4-6-18(19)26-10-8-25(9-11-26)15-22(27)24-17-13-21(30-3)20(29-2)12-16(17)14-23/h4-7,12-13H,8-11,15H2,1-3H3,(H,24,27). The Kier molecular flexibility index (Phi) is 6.99. The summed E-state index contributed by atoms with van der Waals surface area (Å²) in [5, 5.41) is 12.2. The van der Waals surface area contributed by atoms with Gasteiger partial charge in [0.25, 0.3) is 0 Å². The van der Waals surface area contributed by atoms with E-state index in [0.29, 0.717) is 22.7 Å². The minimum atomic E-state index is -0.176. The molecule has 2 aromatic rings. The molecule has 1 aliphatic rings. The van der Waals surface area contributed by atoms with Crippen LogP contribution in [0.15, 0.2) is 36.4 Å². The van der Waals surface area contributed by atoms with Crippen LogP contribution in [0.5, 0.6) is 17.2 Å². The summed E-state index contributed by atoms with van der Waals surface area (Å²) in [5.41, 5.74) is 1.79. The SMILES string of the molecule is COc1cc(C#N)c(NC(=O)CN2CCN(c3ccccc3OC)CC2)cc1OC. The number of hydrogen-bond donors (Lipinski definition) is 1. The number of nitrogens with one attached hydrogen (secondary N) is 1. The number of anilines is 2. The quantitative estimate of drug-likeness (QED) is 0.750. The molecule has 1 N–H and O–H groups in total. The fraction of sp³-hybridized carbons (Fsp3) is 0.364. The maximum Gasteiger partial charge on any atom is 0.238 e. The van der Waals surface area contributed by atoms with E-state index in [1.165, 1.54) is 14.2 Å². The van der Waals surface area contributed by atoms with Crippen LogP contribution in [0.2, 0.25) is 0 Å². The summed E-state index contributed by atoms with van der Waals surface area (Å²) in [4.78, 5) is 16.9. The van der Waals surface area contributed by atoms with E-state index in [9.17, 15) is 10.1 Å². The number of nitrogens with zero attached hydrogens (tertiary/aromatic N) is 3. The molecule has 8 heteroatoms. The van der Waals surface area contributed by atoms with Crippen LogP contribution in [0, 0.1) is 11.3 Å². The van der Waals surface area contributed by atoms with E-state index in [1.54, 1.807) is 19.2 Å². The second-order valence-corrected chi connectivity index (χ2v) is 6.85. The highest BCUT2D eigenvalue weighted by molar-refractivity contribution is 5.94. The average Bonchev–Trinajstić information content (AvgIpc) is 2.79. The van der Waals surface area contributed by atoms with E-state index in [0.717, 1.165) is 37.6 Å². The number of rotatable bonds is 7. The Labute approximate surface area is 176 Å². The van der Waals surface area contributed by atoms with Gasteiger partial charge in [-0.25, -0.2) is 0 Å². The molecule has 1 amide bonds. The highest BCUT2D eigenvalue weighted by atomic mass is 16.5. The number of hydrogen-bond acceptors (Lipinski definition) is 7. The van der Waals surface area contributed by atoms with Gasteiger partial charge in [0.2, 0.25) is 5.91 Å². The van der Waals surface area contributed by atoms with E-state index in [4.69, 9.17) is 14.2 Å². The monoisotopic (exact) mass is 410 g/mol. The summed E-state index contributed by atoms with van der Waals surface area (Å²) in [6.07, 6.45) is 0. The van der Waals surface area contributed by atoms with Crippen LogP contribution in [0.1, 0.15) is 5.56 Å². The Bertz CT molecular complexity index is 933. The lowest BCUT2D eigenvalue weighted by molar-refractivity contribution is -0.117. The zero-order valence-electron chi connectivity index (χ0n) is 17.5. The van der Waals surface area contributed by atoms with Crippen LogP contribution >= 0.6 is 0 Å². The van der Waals surface area contributed by atoms with E-state index in [2.05, 4.69) is 21.2 Å². The van der Waals surface area contributed by atoms with Crippen molar-refractivity contribution in [2.75, 3.05) is 64.3 Å². The first-order valence-corrected chi connectivity index (χ1v) is 9.66. The predicted octanol–water partition coefficient (Wildman–Crippen LogP) is 2.34. The molecule has 0 unspecified atom stereocenters. The highest BCUT2D eigenvalue weighted by Gasteiger charge is 2.22. The predicted molar refractivity (Wildman–Crippen MR) is 115 cm³/mol. The van der Waals surface area contributed by atoms with Gasteiger partial charge in [-0.15, -0.1) is 0 Å². The summed E-state index contributed by atoms with van der Waals surface area (Å²) >= 11 is 0. The average molecular weight is 410 g/mol. The number of carbonyl (C=O) groups is 1. The maximum absolute atomic E-state index is 12.6. The molecular weight excluding hydrogens is 384 g/mol. The summed E-state index contributed by atoms with van der Waals surface area (Å²) in [6.45, 7) is 3.35. The van der Waals surface area contributed by atoms with Gasteiger partial charge in [0, 0.05) is 38.3 Å². The molecule has 3 rings (SSSR count). The van der Waals surface area contributed by atoms with Gasteiger partial charge in [-0.3, -0.25) is 9.69 Å². The summed E-state index contributed by atoms with van der Waals surface area (Å²) in [5.74, 6) is 1.57. The van der Waals surface area contributed by atoms with E-state index in [-0.39, 0.29) is 12.5 Å². The maximum atomic E-state index is 12.6. The van der Waals surface area contributed by atoms with Crippen molar-refractivity contribution in [3.05, 3.63) is 42.0 Å². The number of methoxy groups -OCH3 is 3. The van der Waals surface area contributed by atoms with Crippen LogP contribution in [-0.2, 0) is 4.79 Å². The first-order valence-electron chi connectivity index (χ1n) is 9.66. The van der Waals surface area contributed by atoms with Crippen molar-refractivity contribution >= 4 is 17.3 Å². The fourth-order valence-corrected chi connectivity index (χ4v) is 3.51. The van der Waals surface area contributed by atoms with Crippen LogP contribution in [-0.4, -0.2) is 64.9 Å². The Morgan fingerprint density at radius 2 is 1.63 bits per heavy atom. The highest BCUT2D eigenvalue weighted by Crippen LogP contribution is 2.33. The van der Waals surface area contributed by atoms with E-state index in [1.807, 2.05) is 24.3 Å². The third-order valence-electron chi connectivity index (χ3n) is 5.08. The van der Waals surface area contributed by atoms with Crippen LogP contribution in [0.25, 0.3) is 0 Å². The molecule has 30 heavy (non-hydrogen) atoms. The molecule has 1 fully saturated rings. The Morgan fingerprint density at radius 3 is 2.27 bits per heavy atom. The van der Waals surface area contributed by atoms with Gasteiger partial charge in [-0.1, -0.05) is 12.1 Å². The molecule has 0 radical (unpaired) electrons. The zero-order chi connectivity index (χ0) is 21.5. The minimum Gasteiger partial charge on any atom is -0.495 e. The lowest BCUT2D eigenvalue weighted by atomic mass is 10.1. The van der Waals surface area contributed by atoms with Crippen molar-refractivity contribution in [2.45, 2.75) is 0 Å². The fourth-order valence-electron chi connectivity index (χ4n) is 3.51. The van der Waals surface area contributed by atoms with Gasteiger partial charge in [0.05, 0.1) is 44.8 Å². The van der Waals surface area contributed by atoms with Crippen LogP contribution in [0.4, 0.5) is 11.4 Å². The Morgan fingerprint density at radius 1 is 1.00 bits per heavy atom. The normalized spacial score (nSPS) is 14.0. The molecule has 8 nitrogen and oxygen atoms in total. The molecule has 0 atom stereocenters. The number of ether oxygens (including phenoxy) is 3. The lowest BCUT2D eigenvalue weighted by Crippen LogP contribution is -2.48. The van der Waals surface area contributed by atoms with Crippen molar-refractivity contribution in [3.8, 4) is 23.3 Å². The molecule has 0 bridgehead atoms. The largest absolute Gasteiger partial charge is 0.495 e. The van der Waals surface area contributed by atoms with Crippen LogP contribution in [0.3, 0.4) is 0 Å². The Balaban J connectivity index is 1.60. The van der Waals surface area contributed by atoms with Gasteiger partial charge in [-0.2, -0.15) is 5.26 Å². The van der Waals surface area contributed by atoms with Crippen molar-refractivity contribution in [1.82, 2.24) is 4.90 Å². The lowest BCUT2D eigenvalue weighted by Gasteiger charge is -2.36. The number of piperazine rings is 1. The molecule has 0 spiro atoms. The Hall–Kier alpha value is -3.44. The molecule has 1 saturated heterocycles. The number of para-hydroxylation sites is 2. The van der Waals surface area contributed by atoms with Gasteiger partial charge >= 0.3 is 0 Å². The van der Waals surface area contributed by atoms with Crippen molar-refractivity contribution < 1.29 is 19.0 Å². The number of carbonyl (C=O) groups excluding carboxylic acids is 1. The van der Waals surface area contributed by atoms with E-state index >= 15 is 0 Å². The van der Waals surface area contributed by atoms with Gasteiger partial charge in [0.1, 0.15) is 11.8 Å². The second kappa shape index (κ2) is 9.85. The van der Waals surface area contributed by atoms with Crippen LogP contribution < -0.4 is 24.4 Å². The molecule has 1 heterocycles. The molecule has 1 aliphatic heterocycles. The topological polar surface area (TPSA) is 87.1 Å². The van der Waals surface area contributed by atoms with Gasteiger partial charge < -0.3 is 24.4 Å². The molecule has 0 aliphatic carbocycles. The smallest absolute Gasteiger partial charge is 0.238 e. The third-order valence-corrected chi connectivity index (χ3v) is 5.08. The van der Waals surface area contributed by atoms with E-state index < -0.39 is 0 Å². The molecule has 158 valence electrons. The molecule has 0 aromatic heterocycles. The van der Waals surface area contributed by atoms with Crippen molar-refractivity contribution in [1.29, 1.82) is 5.26 Å². The molecule has 2 aromatic carbocycles. The van der Waals surface area contributed by atoms with Crippen molar-refractivity contribution in [3.63, 3.8) is 0 Å². The molecular formula is C22H26N4O4. The molecule has 0 saturated carbocycles.